The Labute approximate surface area is 153 Å². The summed E-state index contributed by atoms with van der Waals surface area (Å²) >= 11 is 6.09. The van der Waals surface area contributed by atoms with Crippen molar-refractivity contribution >= 4 is 28.5 Å². The van der Waals surface area contributed by atoms with E-state index in [4.69, 9.17) is 17.3 Å². The number of allylic oxidation sites excluding steroid dienone is 4. The Hall–Kier alpha value is -1.85. The van der Waals surface area contributed by atoms with Gasteiger partial charge >= 0.3 is 0 Å². The van der Waals surface area contributed by atoms with Crippen LogP contribution < -0.4 is 10.6 Å². The van der Waals surface area contributed by atoms with Crippen LogP contribution in [-0.2, 0) is 0 Å². The predicted octanol–water partition coefficient (Wildman–Crippen LogP) is 3.74. The lowest BCUT2D eigenvalue weighted by Crippen LogP contribution is -2.44. The fraction of sp³-hybridized carbons (Fsp3) is 0.474. The summed E-state index contributed by atoms with van der Waals surface area (Å²) in [5.74, 6) is 1.03. The van der Waals surface area contributed by atoms with Crippen molar-refractivity contribution in [2.75, 3.05) is 24.5 Å². The van der Waals surface area contributed by atoms with Gasteiger partial charge in [0, 0.05) is 24.3 Å². The van der Waals surface area contributed by atoms with E-state index in [1.807, 2.05) is 12.3 Å². The summed E-state index contributed by atoms with van der Waals surface area (Å²) in [6.07, 6.45) is 13.1. The number of aromatic amines is 1. The third-order valence-corrected chi connectivity index (χ3v) is 5.99. The number of H-pyrrole nitrogens is 1. The average molecular weight is 358 g/mol. The lowest BCUT2D eigenvalue weighted by atomic mass is 9.72. The molecule has 0 unspecified atom stereocenters. The molecule has 3 N–H and O–H groups in total. The molecule has 6 heteroatoms. The van der Waals surface area contributed by atoms with Crippen molar-refractivity contribution in [1.29, 1.82) is 0 Å². The molecular weight excluding hydrogens is 334 g/mol. The summed E-state index contributed by atoms with van der Waals surface area (Å²) in [5, 5.41) is 2.05. The summed E-state index contributed by atoms with van der Waals surface area (Å²) in [6.45, 7) is 2.70. The predicted molar refractivity (Wildman–Crippen MR) is 103 cm³/mol. The maximum absolute atomic E-state index is 6.22. The Morgan fingerprint density at radius 3 is 2.76 bits per heavy atom. The number of nitrogens with two attached hydrogens (primary N) is 1. The standard InChI is InChI=1S/C19H24ClN5/c20-15-3-1-14(2-4-15)11-19(12-21)6-9-25(10-7-19)18-16-5-8-22-17(16)23-13-24-18/h1,3,5,8,13H,2,4,6-7,9-12,21H2,(H,22,23,24). The number of nitrogens with one attached hydrogen (secondary N) is 1. The van der Waals surface area contributed by atoms with E-state index in [1.54, 1.807) is 6.33 Å². The van der Waals surface area contributed by atoms with E-state index in [0.29, 0.717) is 0 Å². The minimum atomic E-state index is 0.199. The second kappa shape index (κ2) is 6.81. The second-order valence-corrected chi connectivity index (χ2v) is 7.73. The van der Waals surface area contributed by atoms with Gasteiger partial charge in [-0.3, -0.25) is 0 Å². The first-order valence-electron chi connectivity index (χ1n) is 8.96. The molecule has 0 saturated carbocycles. The zero-order chi connectivity index (χ0) is 17.3. The Morgan fingerprint density at radius 2 is 2.04 bits per heavy atom. The van der Waals surface area contributed by atoms with Crippen LogP contribution in [0, 0.1) is 5.41 Å². The van der Waals surface area contributed by atoms with E-state index in [-0.39, 0.29) is 5.41 Å². The van der Waals surface area contributed by atoms with Gasteiger partial charge in [0.1, 0.15) is 17.8 Å². The van der Waals surface area contributed by atoms with E-state index < -0.39 is 0 Å². The third-order valence-electron chi connectivity index (χ3n) is 5.68. The number of fused-ring (bicyclic) bond motifs is 1. The number of rotatable bonds is 4. The number of hydrogen-bond acceptors (Lipinski definition) is 4. The third kappa shape index (κ3) is 3.31. The Balaban J connectivity index is 1.48. The summed E-state index contributed by atoms with van der Waals surface area (Å²) in [4.78, 5) is 14.4. The Morgan fingerprint density at radius 1 is 1.20 bits per heavy atom. The van der Waals surface area contributed by atoms with Crippen LogP contribution in [0.25, 0.3) is 11.0 Å². The van der Waals surface area contributed by atoms with Crippen molar-refractivity contribution in [2.45, 2.75) is 32.1 Å². The molecule has 0 radical (unpaired) electrons. The maximum Gasteiger partial charge on any atom is 0.142 e. The summed E-state index contributed by atoms with van der Waals surface area (Å²) in [6, 6.07) is 2.05. The lowest BCUT2D eigenvalue weighted by molar-refractivity contribution is 0.223. The molecule has 0 atom stereocenters. The van der Waals surface area contributed by atoms with Gasteiger partial charge in [-0.15, -0.1) is 0 Å². The van der Waals surface area contributed by atoms with Crippen molar-refractivity contribution in [3.05, 3.63) is 41.3 Å². The molecule has 132 valence electrons. The smallest absolute Gasteiger partial charge is 0.142 e. The Bertz CT molecular complexity index is 814. The molecule has 0 aromatic carbocycles. The molecule has 1 aliphatic heterocycles. The molecule has 2 aliphatic rings. The highest BCUT2D eigenvalue weighted by Crippen LogP contribution is 2.40. The monoisotopic (exact) mass is 357 g/mol. The normalized spacial score (nSPS) is 20.5. The summed E-state index contributed by atoms with van der Waals surface area (Å²) in [7, 11) is 0. The molecule has 25 heavy (non-hydrogen) atoms. The van der Waals surface area contributed by atoms with E-state index >= 15 is 0 Å². The van der Waals surface area contributed by atoms with Crippen LogP contribution in [-0.4, -0.2) is 34.6 Å². The number of anilines is 1. The first-order chi connectivity index (χ1) is 12.2. The summed E-state index contributed by atoms with van der Waals surface area (Å²) < 4.78 is 0. The fourth-order valence-corrected chi connectivity index (χ4v) is 4.20. The van der Waals surface area contributed by atoms with Crippen LogP contribution >= 0.6 is 11.6 Å². The van der Waals surface area contributed by atoms with Crippen LogP contribution in [0.15, 0.2) is 41.3 Å². The molecule has 4 rings (SSSR count). The van der Waals surface area contributed by atoms with Crippen LogP contribution in [0.5, 0.6) is 0 Å². The number of halogens is 1. The molecular formula is C19H24ClN5. The topological polar surface area (TPSA) is 70.8 Å². The number of aromatic nitrogens is 3. The van der Waals surface area contributed by atoms with Gasteiger partial charge in [0.2, 0.25) is 0 Å². The summed E-state index contributed by atoms with van der Waals surface area (Å²) in [5.41, 5.74) is 8.81. The van der Waals surface area contributed by atoms with Gasteiger partial charge < -0.3 is 15.6 Å². The minimum absolute atomic E-state index is 0.199. The highest BCUT2D eigenvalue weighted by molar-refractivity contribution is 6.29. The number of piperidine rings is 1. The number of hydrogen-bond donors (Lipinski definition) is 2. The van der Waals surface area contributed by atoms with Gasteiger partial charge in [0.15, 0.2) is 0 Å². The fourth-order valence-electron chi connectivity index (χ4n) is 4.04. The van der Waals surface area contributed by atoms with Gasteiger partial charge in [-0.2, -0.15) is 0 Å². The lowest BCUT2D eigenvalue weighted by Gasteiger charge is -2.42. The van der Waals surface area contributed by atoms with Crippen LogP contribution in [0.2, 0.25) is 0 Å². The van der Waals surface area contributed by atoms with Gasteiger partial charge in [-0.05, 0) is 56.2 Å². The van der Waals surface area contributed by atoms with Crippen molar-refractivity contribution in [1.82, 2.24) is 15.0 Å². The molecule has 0 spiro atoms. The van der Waals surface area contributed by atoms with Gasteiger partial charge in [-0.25, -0.2) is 9.97 Å². The molecule has 1 saturated heterocycles. The zero-order valence-electron chi connectivity index (χ0n) is 14.3. The second-order valence-electron chi connectivity index (χ2n) is 7.24. The molecule has 2 aromatic rings. The first kappa shape index (κ1) is 16.6. The largest absolute Gasteiger partial charge is 0.356 e. The molecule has 1 aliphatic carbocycles. The zero-order valence-corrected chi connectivity index (χ0v) is 15.1. The van der Waals surface area contributed by atoms with E-state index in [1.165, 1.54) is 5.57 Å². The van der Waals surface area contributed by atoms with Gasteiger partial charge in [-0.1, -0.05) is 23.3 Å². The molecule has 2 aromatic heterocycles. The molecule has 0 amide bonds. The van der Waals surface area contributed by atoms with Crippen molar-refractivity contribution in [2.24, 2.45) is 11.1 Å². The van der Waals surface area contributed by atoms with Crippen LogP contribution in [0.3, 0.4) is 0 Å². The quantitative estimate of drug-likeness (QED) is 0.874. The minimum Gasteiger partial charge on any atom is -0.356 e. The molecule has 0 bridgehead atoms. The highest BCUT2D eigenvalue weighted by Gasteiger charge is 2.35. The van der Waals surface area contributed by atoms with E-state index in [2.05, 4.69) is 32.0 Å². The van der Waals surface area contributed by atoms with Crippen molar-refractivity contribution in [3.63, 3.8) is 0 Å². The van der Waals surface area contributed by atoms with Gasteiger partial charge in [0.05, 0.1) is 5.39 Å². The molecule has 3 heterocycles. The average Bonchev–Trinajstić information content (AvgIpc) is 3.13. The first-order valence-corrected chi connectivity index (χ1v) is 9.34. The Kier molecular flexibility index (Phi) is 4.52. The maximum atomic E-state index is 6.22. The van der Waals surface area contributed by atoms with Crippen LogP contribution in [0.1, 0.15) is 32.1 Å². The van der Waals surface area contributed by atoms with Crippen molar-refractivity contribution < 1.29 is 0 Å². The SMILES string of the molecule is NCC1(CC2=CC=C(Cl)CC2)CCN(c2ncnc3[nH]ccc23)CC1. The van der Waals surface area contributed by atoms with E-state index in [0.717, 1.165) is 73.6 Å². The molecule has 5 nitrogen and oxygen atoms in total. The van der Waals surface area contributed by atoms with Crippen molar-refractivity contribution in [3.8, 4) is 0 Å². The molecule has 1 fully saturated rings. The van der Waals surface area contributed by atoms with E-state index in [9.17, 15) is 0 Å². The number of nitrogens with zero attached hydrogens (tertiary/aromatic N) is 3. The van der Waals surface area contributed by atoms with Crippen LogP contribution in [0.4, 0.5) is 5.82 Å². The van der Waals surface area contributed by atoms with Gasteiger partial charge in [0.25, 0.3) is 0 Å². The highest BCUT2D eigenvalue weighted by atomic mass is 35.5.